The topological polar surface area (TPSA) is 113 Å². The number of anilines is 1. The maximum atomic E-state index is 12.6. The molecule has 3 rings (SSSR count). The molecule has 0 fully saturated rings. The van der Waals surface area contributed by atoms with Gasteiger partial charge in [0, 0.05) is 30.8 Å². The van der Waals surface area contributed by atoms with E-state index < -0.39 is 11.8 Å². The van der Waals surface area contributed by atoms with Gasteiger partial charge in [-0.3, -0.25) is 14.4 Å². The van der Waals surface area contributed by atoms with Crippen LogP contribution in [0.4, 0.5) is 5.82 Å². The Morgan fingerprint density at radius 1 is 1.03 bits per heavy atom. The fraction of sp³-hybridized carbons (Fsp3) is 0.130. The van der Waals surface area contributed by atoms with Crippen molar-refractivity contribution < 1.29 is 18.8 Å². The molecular formula is C23H22N4O4. The predicted octanol–water partition coefficient (Wildman–Crippen LogP) is 2.90. The zero-order chi connectivity index (χ0) is 22.1. The van der Waals surface area contributed by atoms with Crippen LogP contribution >= 0.6 is 0 Å². The number of hydrogen-bond donors (Lipinski definition) is 3. The molecule has 2 heterocycles. The normalized spacial score (nSPS) is 10.9. The van der Waals surface area contributed by atoms with Crippen LogP contribution in [0.2, 0.25) is 0 Å². The molecule has 2 aromatic heterocycles. The third kappa shape index (κ3) is 6.67. The third-order valence-corrected chi connectivity index (χ3v) is 4.18. The molecule has 0 unspecified atom stereocenters. The summed E-state index contributed by atoms with van der Waals surface area (Å²) in [7, 11) is 0. The maximum absolute atomic E-state index is 12.6. The smallest absolute Gasteiger partial charge is 0.267 e. The van der Waals surface area contributed by atoms with E-state index in [2.05, 4.69) is 20.9 Å². The molecule has 0 spiro atoms. The lowest BCUT2D eigenvalue weighted by Crippen LogP contribution is -2.36. The van der Waals surface area contributed by atoms with E-state index in [1.807, 2.05) is 13.0 Å². The van der Waals surface area contributed by atoms with Crippen LogP contribution in [0.25, 0.3) is 6.08 Å². The quantitative estimate of drug-likeness (QED) is 0.487. The van der Waals surface area contributed by atoms with Gasteiger partial charge in [-0.05, 0) is 42.8 Å². The molecule has 0 aliphatic carbocycles. The summed E-state index contributed by atoms with van der Waals surface area (Å²) in [5, 5.41) is 7.89. The first-order chi connectivity index (χ1) is 15.0. The molecule has 0 saturated carbocycles. The Kier molecular flexibility index (Phi) is 7.31. The molecule has 8 heteroatoms. The van der Waals surface area contributed by atoms with Crippen LogP contribution in [0.15, 0.2) is 77.2 Å². The molecule has 3 N–H and O–H groups in total. The standard InChI is InChI=1S/C23H22N4O4/c1-16-9-10-20(25-15-16)27-21(28)11-12-24-23(30)19(14-18-8-5-13-31-18)26-22(29)17-6-3-2-4-7-17/h2-10,13-15H,11-12H2,1H3,(H,24,30)(H,26,29)(H,25,27,28). The van der Waals surface area contributed by atoms with E-state index in [0.717, 1.165) is 5.56 Å². The van der Waals surface area contributed by atoms with Crippen molar-refractivity contribution in [3.8, 4) is 0 Å². The summed E-state index contributed by atoms with van der Waals surface area (Å²) < 4.78 is 5.24. The molecule has 8 nitrogen and oxygen atoms in total. The van der Waals surface area contributed by atoms with Crippen LogP contribution < -0.4 is 16.0 Å². The first-order valence-corrected chi connectivity index (χ1v) is 9.63. The lowest BCUT2D eigenvalue weighted by Gasteiger charge is -2.11. The fourth-order valence-corrected chi connectivity index (χ4v) is 2.59. The Morgan fingerprint density at radius 2 is 1.84 bits per heavy atom. The first kappa shape index (κ1) is 21.5. The van der Waals surface area contributed by atoms with Crippen LogP contribution in [-0.4, -0.2) is 29.3 Å². The summed E-state index contributed by atoms with van der Waals surface area (Å²) in [6.07, 6.45) is 4.58. The molecule has 0 atom stereocenters. The molecule has 0 aliphatic heterocycles. The van der Waals surface area contributed by atoms with Gasteiger partial charge in [-0.1, -0.05) is 24.3 Å². The van der Waals surface area contributed by atoms with Crippen molar-refractivity contribution in [2.75, 3.05) is 11.9 Å². The molecule has 0 bridgehead atoms. The van der Waals surface area contributed by atoms with Gasteiger partial charge < -0.3 is 20.4 Å². The number of aryl methyl sites for hydroxylation is 1. The number of rotatable bonds is 8. The molecule has 158 valence electrons. The van der Waals surface area contributed by atoms with Crippen LogP contribution in [0.3, 0.4) is 0 Å². The summed E-state index contributed by atoms with van der Waals surface area (Å²) in [6, 6.07) is 15.4. The molecule has 3 aromatic rings. The Balaban J connectivity index is 1.58. The molecule has 0 radical (unpaired) electrons. The van der Waals surface area contributed by atoms with Crippen molar-refractivity contribution in [2.45, 2.75) is 13.3 Å². The highest BCUT2D eigenvalue weighted by atomic mass is 16.3. The predicted molar refractivity (Wildman–Crippen MR) is 116 cm³/mol. The summed E-state index contributed by atoms with van der Waals surface area (Å²) in [6.45, 7) is 1.98. The van der Waals surface area contributed by atoms with E-state index >= 15 is 0 Å². The Labute approximate surface area is 179 Å². The number of aromatic nitrogens is 1. The van der Waals surface area contributed by atoms with E-state index in [1.165, 1.54) is 12.3 Å². The Bertz CT molecular complexity index is 1060. The first-order valence-electron chi connectivity index (χ1n) is 9.63. The highest BCUT2D eigenvalue weighted by Gasteiger charge is 2.15. The van der Waals surface area contributed by atoms with Crippen LogP contribution in [0.1, 0.15) is 28.1 Å². The van der Waals surface area contributed by atoms with Gasteiger partial charge in [0.05, 0.1) is 6.26 Å². The number of nitrogens with one attached hydrogen (secondary N) is 3. The minimum absolute atomic E-state index is 0.00409. The average molecular weight is 418 g/mol. The van der Waals surface area contributed by atoms with Gasteiger partial charge in [-0.15, -0.1) is 0 Å². The zero-order valence-corrected chi connectivity index (χ0v) is 16.9. The fourth-order valence-electron chi connectivity index (χ4n) is 2.59. The number of benzene rings is 1. The highest BCUT2D eigenvalue weighted by molar-refractivity contribution is 6.05. The number of carbonyl (C=O) groups excluding carboxylic acids is 3. The monoisotopic (exact) mass is 418 g/mol. The Hall–Kier alpha value is -4.20. The van der Waals surface area contributed by atoms with E-state index in [9.17, 15) is 14.4 Å². The van der Waals surface area contributed by atoms with E-state index in [1.54, 1.807) is 54.7 Å². The zero-order valence-electron chi connectivity index (χ0n) is 16.9. The second-order valence-corrected chi connectivity index (χ2v) is 6.67. The Morgan fingerprint density at radius 3 is 2.52 bits per heavy atom. The van der Waals surface area contributed by atoms with Gasteiger partial charge in [0.1, 0.15) is 17.3 Å². The third-order valence-electron chi connectivity index (χ3n) is 4.18. The van der Waals surface area contributed by atoms with Crippen LogP contribution in [-0.2, 0) is 9.59 Å². The summed E-state index contributed by atoms with van der Waals surface area (Å²) in [5.74, 6) is -0.419. The lowest BCUT2D eigenvalue weighted by atomic mass is 10.2. The van der Waals surface area contributed by atoms with E-state index in [0.29, 0.717) is 17.1 Å². The maximum Gasteiger partial charge on any atom is 0.267 e. The van der Waals surface area contributed by atoms with E-state index in [-0.39, 0.29) is 24.6 Å². The summed E-state index contributed by atoms with van der Waals surface area (Å²) in [4.78, 5) is 41.3. The van der Waals surface area contributed by atoms with E-state index in [4.69, 9.17) is 4.42 Å². The SMILES string of the molecule is Cc1ccc(NC(=O)CCNC(=O)C(=Cc2ccco2)NC(=O)c2ccccc2)nc1. The lowest BCUT2D eigenvalue weighted by molar-refractivity contribution is -0.118. The second kappa shape index (κ2) is 10.5. The highest BCUT2D eigenvalue weighted by Crippen LogP contribution is 2.08. The van der Waals surface area contributed by atoms with Crippen molar-refractivity contribution in [3.63, 3.8) is 0 Å². The average Bonchev–Trinajstić information content (AvgIpc) is 3.28. The minimum Gasteiger partial charge on any atom is -0.465 e. The van der Waals surface area contributed by atoms with Gasteiger partial charge in [-0.2, -0.15) is 0 Å². The van der Waals surface area contributed by atoms with Crippen LogP contribution in [0, 0.1) is 6.92 Å². The van der Waals surface area contributed by atoms with Gasteiger partial charge in [-0.25, -0.2) is 4.98 Å². The number of nitrogens with zero attached hydrogens (tertiary/aromatic N) is 1. The minimum atomic E-state index is -0.540. The van der Waals surface area contributed by atoms with Crippen molar-refractivity contribution in [1.82, 2.24) is 15.6 Å². The molecular weight excluding hydrogens is 396 g/mol. The molecule has 3 amide bonds. The second-order valence-electron chi connectivity index (χ2n) is 6.67. The molecule has 31 heavy (non-hydrogen) atoms. The number of hydrogen-bond acceptors (Lipinski definition) is 5. The summed E-state index contributed by atoms with van der Waals surface area (Å²) in [5.41, 5.74) is 1.40. The van der Waals surface area contributed by atoms with Gasteiger partial charge in [0.25, 0.3) is 11.8 Å². The number of pyridine rings is 1. The van der Waals surface area contributed by atoms with Crippen LogP contribution in [0.5, 0.6) is 0 Å². The van der Waals surface area contributed by atoms with Crippen molar-refractivity contribution in [3.05, 3.63) is 89.6 Å². The van der Waals surface area contributed by atoms with Gasteiger partial charge in [0.2, 0.25) is 5.91 Å². The number of amides is 3. The van der Waals surface area contributed by atoms with Crippen molar-refractivity contribution in [2.24, 2.45) is 0 Å². The number of carbonyl (C=O) groups is 3. The van der Waals surface area contributed by atoms with Gasteiger partial charge in [0.15, 0.2) is 0 Å². The molecule has 1 aromatic carbocycles. The van der Waals surface area contributed by atoms with Crippen molar-refractivity contribution >= 4 is 29.6 Å². The van der Waals surface area contributed by atoms with Gasteiger partial charge >= 0.3 is 0 Å². The largest absolute Gasteiger partial charge is 0.465 e. The molecule has 0 aliphatic rings. The number of furan rings is 1. The van der Waals surface area contributed by atoms with Crippen molar-refractivity contribution in [1.29, 1.82) is 0 Å². The summed E-state index contributed by atoms with van der Waals surface area (Å²) >= 11 is 0. The molecule has 0 saturated heterocycles.